The SMILES string of the molecule is O=C(Nc1cccc(N2CCCC2=O)c1)C1CC(c2ccc(Br)cc2)NN1. The quantitative estimate of drug-likeness (QED) is 0.699. The lowest BCUT2D eigenvalue weighted by Crippen LogP contribution is -2.39. The van der Waals surface area contributed by atoms with Crippen LogP contribution in [0, 0.1) is 0 Å². The molecule has 2 heterocycles. The van der Waals surface area contributed by atoms with Crippen molar-refractivity contribution in [2.24, 2.45) is 0 Å². The summed E-state index contributed by atoms with van der Waals surface area (Å²) in [5.74, 6) is 0.0458. The van der Waals surface area contributed by atoms with E-state index in [1.165, 1.54) is 0 Å². The van der Waals surface area contributed by atoms with Crippen LogP contribution in [0.25, 0.3) is 0 Å². The summed E-state index contributed by atoms with van der Waals surface area (Å²) in [5.41, 5.74) is 8.94. The van der Waals surface area contributed by atoms with Crippen molar-refractivity contribution >= 4 is 39.1 Å². The maximum Gasteiger partial charge on any atom is 0.242 e. The number of amides is 2. The van der Waals surface area contributed by atoms with E-state index in [0.717, 1.165) is 28.7 Å². The lowest BCUT2D eigenvalue weighted by Gasteiger charge is -2.17. The first-order chi connectivity index (χ1) is 13.1. The van der Waals surface area contributed by atoms with Gasteiger partial charge in [-0.1, -0.05) is 34.1 Å². The zero-order valence-electron chi connectivity index (χ0n) is 14.7. The van der Waals surface area contributed by atoms with Gasteiger partial charge in [0.2, 0.25) is 11.8 Å². The van der Waals surface area contributed by atoms with E-state index in [1.54, 1.807) is 4.90 Å². The third-order valence-corrected chi connectivity index (χ3v) is 5.52. The predicted molar refractivity (Wildman–Crippen MR) is 108 cm³/mol. The standard InChI is InChI=1S/C20H21BrN4O2/c21-14-8-6-13(7-9-14)17-12-18(24-23-17)20(27)22-15-3-1-4-16(11-15)25-10-2-5-19(25)26/h1,3-4,6-9,11,17-18,23-24H,2,5,10,12H2,(H,22,27). The predicted octanol–water partition coefficient (Wildman–Crippen LogP) is 3.12. The first-order valence-corrected chi connectivity index (χ1v) is 9.87. The van der Waals surface area contributed by atoms with E-state index in [9.17, 15) is 9.59 Å². The maximum absolute atomic E-state index is 12.6. The Morgan fingerprint density at radius 1 is 1.15 bits per heavy atom. The molecule has 0 saturated carbocycles. The van der Waals surface area contributed by atoms with Gasteiger partial charge in [-0.05, 0) is 48.7 Å². The Labute approximate surface area is 166 Å². The molecule has 0 radical (unpaired) electrons. The lowest BCUT2D eigenvalue weighted by molar-refractivity contribution is -0.118. The van der Waals surface area contributed by atoms with Crippen LogP contribution in [0.1, 0.15) is 30.9 Å². The minimum absolute atomic E-state index is 0.0856. The Hall–Kier alpha value is -2.22. The first kappa shape index (κ1) is 18.2. The van der Waals surface area contributed by atoms with Gasteiger partial charge in [-0.2, -0.15) is 0 Å². The van der Waals surface area contributed by atoms with Gasteiger partial charge in [-0.25, -0.2) is 10.9 Å². The fourth-order valence-corrected chi connectivity index (χ4v) is 3.81. The number of carbonyl (C=O) groups is 2. The Balaban J connectivity index is 1.39. The smallest absolute Gasteiger partial charge is 0.242 e. The van der Waals surface area contributed by atoms with E-state index < -0.39 is 0 Å². The van der Waals surface area contributed by atoms with Gasteiger partial charge < -0.3 is 10.2 Å². The van der Waals surface area contributed by atoms with Crippen LogP contribution in [-0.2, 0) is 9.59 Å². The molecule has 2 unspecified atom stereocenters. The number of nitrogens with one attached hydrogen (secondary N) is 3. The fraction of sp³-hybridized carbons (Fsp3) is 0.300. The van der Waals surface area contributed by atoms with Gasteiger partial charge in [0.15, 0.2) is 0 Å². The summed E-state index contributed by atoms with van der Waals surface area (Å²) in [6.45, 7) is 0.735. The summed E-state index contributed by atoms with van der Waals surface area (Å²) in [7, 11) is 0. The molecule has 2 fully saturated rings. The van der Waals surface area contributed by atoms with Crippen molar-refractivity contribution in [1.29, 1.82) is 0 Å². The highest BCUT2D eigenvalue weighted by molar-refractivity contribution is 9.10. The Kier molecular flexibility index (Phi) is 5.24. The molecule has 2 saturated heterocycles. The highest BCUT2D eigenvalue weighted by atomic mass is 79.9. The molecule has 140 valence electrons. The molecule has 2 aromatic carbocycles. The van der Waals surface area contributed by atoms with Crippen LogP contribution in [0.4, 0.5) is 11.4 Å². The molecular weight excluding hydrogens is 408 g/mol. The third-order valence-electron chi connectivity index (χ3n) is 4.99. The van der Waals surface area contributed by atoms with Crippen molar-refractivity contribution in [2.45, 2.75) is 31.3 Å². The molecule has 27 heavy (non-hydrogen) atoms. The van der Waals surface area contributed by atoms with Gasteiger partial charge >= 0.3 is 0 Å². The van der Waals surface area contributed by atoms with Crippen LogP contribution < -0.4 is 21.1 Å². The largest absolute Gasteiger partial charge is 0.325 e. The van der Waals surface area contributed by atoms with Crippen LogP contribution >= 0.6 is 15.9 Å². The molecule has 0 aromatic heterocycles. The molecule has 6 nitrogen and oxygen atoms in total. The van der Waals surface area contributed by atoms with Crippen molar-refractivity contribution < 1.29 is 9.59 Å². The second-order valence-electron chi connectivity index (χ2n) is 6.87. The van der Waals surface area contributed by atoms with E-state index in [2.05, 4.69) is 32.1 Å². The minimum Gasteiger partial charge on any atom is -0.325 e. The average Bonchev–Trinajstić information content (AvgIpc) is 3.32. The molecule has 4 rings (SSSR count). The van der Waals surface area contributed by atoms with Gasteiger partial charge in [0.25, 0.3) is 0 Å². The van der Waals surface area contributed by atoms with E-state index in [1.807, 2.05) is 48.5 Å². The van der Waals surface area contributed by atoms with Crippen molar-refractivity contribution in [1.82, 2.24) is 10.9 Å². The summed E-state index contributed by atoms with van der Waals surface area (Å²) in [6, 6.07) is 15.3. The number of rotatable bonds is 4. The van der Waals surface area contributed by atoms with Crippen molar-refractivity contribution in [3.8, 4) is 0 Å². The summed E-state index contributed by atoms with van der Waals surface area (Å²) in [4.78, 5) is 26.3. The van der Waals surface area contributed by atoms with E-state index in [0.29, 0.717) is 18.5 Å². The number of hydrogen-bond donors (Lipinski definition) is 3. The van der Waals surface area contributed by atoms with Gasteiger partial charge in [0.05, 0.1) is 0 Å². The molecule has 7 heteroatoms. The van der Waals surface area contributed by atoms with Crippen molar-refractivity contribution in [2.75, 3.05) is 16.8 Å². The number of anilines is 2. The number of halogens is 1. The molecule has 3 N–H and O–H groups in total. The molecular formula is C20H21BrN4O2. The van der Waals surface area contributed by atoms with Crippen molar-refractivity contribution in [3.05, 3.63) is 58.6 Å². The topological polar surface area (TPSA) is 73.5 Å². The van der Waals surface area contributed by atoms with Crippen molar-refractivity contribution in [3.63, 3.8) is 0 Å². The molecule has 0 bridgehead atoms. The monoisotopic (exact) mass is 428 g/mol. The van der Waals surface area contributed by atoms with Gasteiger partial charge in [-0.15, -0.1) is 0 Å². The summed E-state index contributed by atoms with van der Waals surface area (Å²) in [5, 5.41) is 2.96. The molecule has 2 aliphatic heterocycles. The normalized spacial score (nSPS) is 22.3. The maximum atomic E-state index is 12.6. The van der Waals surface area contributed by atoms with E-state index in [-0.39, 0.29) is 23.9 Å². The second-order valence-corrected chi connectivity index (χ2v) is 7.79. The van der Waals surface area contributed by atoms with Crippen LogP contribution in [0.15, 0.2) is 53.0 Å². The number of hydrogen-bond acceptors (Lipinski definition) is 4. The Morgan fingerprint density at radius 2 is 1.96 bits per heavy atom. The fourth-order valence-electron chi connectivity index (χ4n) is 3.54. The average molecular weight is 429 g/mol. The summed E-state index contributed by atoms with van der Waals surface area (Å²) < 4.78 is 1.03. The zero-order chi connectivity index (χ0) is 18.8. The molecule has 0 spiro atoms. The van der Waals surface area contributed by atoms with E-state index >= 15 is 0 Å². The molecule has 2 amide bonds. The first-order valence-electron chi connectivity index (χ1n) is 9.08. The Morgan fingerprint density at radius 3 is 2.70 bits per heavy atom. The molecule has 2 atom stereocenters. The van der Waals surface area contributed by atoms with Crippen LogP contribution in [0.2, 0.25) is 0 Å². The van der Waals surface area contributed by atoms with Crippen LogP contribution in [0.5, 0.6) is 0 Å². The summed E-state index contributed by atoms with van der Waals surface area (Å²) in [6.07, 6.45) is 2.13. The second kappa shape index (κ2) is 7.80. The van der Waals surface area contributed by atoms with Crippen LogP contribution in [-0.4, -0.2) is 24.4 Å². The number of carbonyl (C=O) groups excluding carboxylic acids is 2. The number of hydrazine groups is 1. The minimum atomic E-state index is -0.323. The lowest BCUT2D eigenvalue weighted by atomic mass is 10.0. The highest BCUT2D eigenvalue weighted by Gasteiger charge is 2.30. The third kappa shape index (κ3) is 4.05. The van der Waals surface area contributed by atoms with Crippen LogP contribution in [0.3, 0.4) is 0 Å². The molecule has 2 aliphatic rings. The zero-order valence-corrected chi connectivity index (χ0v) is 16.3. The van der Waals surface area contributed by atoms with Gasteiger partial charge in [0.1, 0.15) is 6.04 Å². The highest BCUT2D eigenvalue weighted by Crippen LogP contribution is 2.26. The van der Waals surface area contributed by atoms with E-state index in [4.69, 9.17) is 0 Å². The summed E-state index contributed by atoms with van der Waals surface area (Å²) >= 11 is 3.44. The van der Waals surface area contributed by atoms with Gasteiger partial charge in [-0.3, -0.25) is 9.59 Å². The number of benzene rings is 2. The molecule has 2 aromatic rings. The molecule has 0 aliphatic carbocycles. The number of nitrogens with zero attached hydrogens (tertiary/aromatic N) is 1. The Bertz CT molecular complexity index is 855. The van der Waals surface area contributed by atoms with Gasteiger partial charge in [0, 0.05) is 34.9 Å².